The van der Waals surface area contributed by atoms with E-state index in [1.807, 2.05) is 12.1 Å². The van der Waals surface area contributed by atoms with Crippen LogP contribution in [0.3, 0.4) is 0 Å². The molecule has 0 unspecified atom stereocenters. The van der Waals surface area contributed by atoms with E-state index in [9.17, 15) is 0 Å². The quantitative estimate of drug-likeness (QED) is 0.631. The number of halogens is 1. The van der Waals surface area contributed by atoms with Crippen molar-refractivity contribution >= 4 is 11.6 Å². The van der Waals surface area contributed by atoms with Gasteiger partial charge in [-0.3, -0.25) is 0 Å². The molecule has 0 fully saturated rings. The second-order valence-electron chi connectivity index (χ2n) is 4.76. The Kier molecular flexibility index (Phi) is 3.02. The summed E-state index contributed by atoms with van der Waals surface area (Å²) in [5, 5.41) is 0.877. The minimum Gasteiger partial charge on any atom is -0.0840 e. The van der Waals surface area contributed by atoms with E-state index >= 15 is 0 Å². The van der Waals surface area contributed by atoms with Crippen LogP contribution in [0.5, 0.6) is 0 Å². The van der Waals surface area contributed by atoms with Gasteiger partial charge in [0.05, 0.1) is 0 Å². The topological polar surface area (TPSA) is 0 Å². The van der Waals surface area contributed by atoms with E-state index in [-0.39, 0.29) is 0 Å². The summed E-state index contributed by atoms with van der Waals surface area (Å²) in [4.78, 5) is 0. The summed E-state index contributed by atoms with van der Waals surface area (Å²) in [5.41, 5.74) is 2.91. The van der Waals surface area contributed by atoms with Crippen molar-refractivity contribution in [3.8, 4) is 0 Å². The van der Waals surface area contributed by atoms with Gasteiger partial charge in [-0.1, -0.05) is 44.5 Å². The molecule has 1 aromatic carbocycles. The van der Waals surface area contributed by atoms with Crippen LogP contribution in [0.4, 0.5) is 0 Å². The zero-order valence-corrected chi connectivity index (χ0v) is 9.57. The fraction of sp³-hybridized carbons (Fsp3) is 0.500. The van der Waals surface area contributed by atoms with Gasteiger partial charge in [0.2, 0.25) is 0 Å². The summed E-state index contributed by atoms with van der Waals surface area (Å²) < 4.78 is 0. The maximum Gasteiger partial charge on any atom is 0.0437 e. The number of rotatable bonds is 1. The maximum atomic E-state index is 6.04. The maximum absolute atomic E-state index is 6.04. The van der Waals surface area contributed by atoms with Crippen molar-refractivity contribution in [2.24, 2.45) is 5.41 Å². The van der Waals surface area contributed by atoms with Crippen LogP contribution in [0.25, 0.3) is 0 Å². The van der Waals surface area contributed by atoms with Gasteiger partial charge in [-0.15, -0.1) is 0 Å². The molecule has 0 N–H and O–H groups in total. The Bertz CT molecular complexity index is 294. The van der Waals surface area contributed by atoms with Gasteiger partial charge in [0, 0.05) is 5.02 Å². The van der Waals surface area contributed by atoms with Crippen molar-refractivity contribution in [3.63, 3.8) is 0 Å². The first-order valence-electron chi connectivity index (χ1n) is 4.64. The molecule has 0 aliphatic carbocycles. The van der Waals surface area contributed by atoms with Crippen molar-refractivity contribution in [1.29, 1.82) is 0 Å². The molecule has 0 saturated carbocycles. The molecule has 0 atom stereocenters. The lowest BCUT2D eigenvalue weighted by atomic mass is 9.86. The highest BCUT2D eigenvalue weighted by Gasteiger charge is 2.13. The standard InChI is InChI=1S/C12H17Cl/c1-9-10(8-12(2,3)4)6-5-7-11(9)13/h5-7H,8H2,1-4H3. The van der Waals surface area contributed by atoms with Crippen molar-refractivity contribution in [1.82, 2.24) is 0 Å². The molecule has 0 aliphatic rings. The monoisotopic (exact) mass is 196 g/mol. The van der Waals surface area contributed by atoms with E-state index in [1.165, 1.54) is 11.1 Å². The van der Waals surface area contributed by atoms with E-state index in [2.05, 4.69) is 33.8 Å². The lowest BCUT2D eigenvalue weighted by molar-refractivity contribution is 0.410. The van der Waals surface area contributed by atoms with Crippen molar-refractivity contribution in [3.05, 3.63) is 34.3 Å². The summed E-state index contributed by atoms with van der Waals surface area (Å²) in [6.07, 6.45) is 1.08. The highest BCUT2D eigenvalue weighted by Crippen LogP contribution is 2.26. The molecule has 0 radical (unpaired) electrons. The molecule has 0 saturated heterocycles. The van der Waals surface area contributed by atoms with Gasteiger partial charge in [0.15, 0.2) is 0 Å². The highest BCUT2D eigenvalue weighted by atomic mass is 35.5. The van der Waals surface area contributed by atoms with E-state index in [1.54, 1.807) is 0 Å². The lowest BCUT2D eigenvalue weighted by Gasteiger charge is -2.19. The molecule has 72 valence electrons. The first-order chi connectivity index (χ1) is 5.90. The molecule has 0 amide bonds. The van der Waals surface area contributed by atoms with Gasteiger partial charge in [-0.05, 0) is 36.0 Å². The minimum atomic E-state index is 0.329. The normalized spacial score (nSPS) is 11.8. The molecule has 1 heteroatoms. The molecule has 0 nitrogen and oxygen atoms in total. The Morgan fingerprint density at radius 1 is 1.23 bits per heavy atom. The molecular formula is C12H17Cl. The molecule has 13 heavy (non-hydrogen) atoms. The second-order valence-corrected chi connectivity index (χ2v) is 5.17. The average Bonchev–Trinajstić information content (AvgIpc) is 1.96. The average molecular weight is 197 g/mol. The van der Waals surface area contributed by atoms with Crippen LogP contribution in [-0.4, -0.2) is 0 Å². The third kappa shape index (κ3) is 3.04. The summed E-state index contributed by atoms with van der Waals surface area (Å²) in [6.45, 7) is 8.82. The first-order valence-corrected chi connectivity index (χ1v) is 5.02. The number of benzene rings is 1. The Balaban J connectivity index is 2.96. The number of hydrogen-bond donors (Lipinski definition) is 0. The molecule has 0 aliphatic heterocycles. The summed E-state index contributed by atoms with van der Waals surface area (Å²) in [7, 11) is 0. The van der Waals surface area contributed by atoms with E-state index in [0.29, 0.717) is 5.41 Å². The Morgan fingerprint density at radius 2 is 1.85 bits per heavy atom. The summed E-state index contributed by atoms with van der Waals surface area (Å²) >= 11 is 6.04. The molecule has 0 heterocycles. The van der Waals surface area contributed by atoms with Crippen LogP contribution in [0, 0.1) is 12.3 Å². The zero-order valence-electron chi connectivity index (χ0n) is 8.82. The van der Waals surface area contributed by atoms with Crippen LogP contribution in [-0.2, 0) is 6.42 Å². The number of hydrogen-bond acceptors (Lipinski definition) is 0. The Morgan fingerprint density at radius 3 is 2.38 bits per heavy atom. The van der Waals surface area contributed by atoms with Gasteiger partial charge >= 0.3 is 0 Å². The third-order valence-electron chi connectivity index (χ3n) is 2.10. The summed E-state index contributed by atoms with van der Waals surface area (Å²) in [6, 6.07) is 6.13. The molecule has 0 bridgehead atoms. The predicted molar refractivity (Wildman–Crippen MR) is 59.3 cm³/mol. The molecule has 1 rings (SSSR count). The second kappa shape index (κ2) is 3.71. The Hall–Kier alpha value is -0.490. The molecular weight excluding hydrogens is 180 g/mol. The van der Waals surface area contributed by atoms with Gasteiger partial charge in [-0.25, -0.2) is 0 Å². The largest absolute Gasteiger partial charge is 0.0840 e. The fourth-order valence-electron chi connectivity index (χ4n) is 1.41. The fourth-order valence-corrected chi connectivity index (χ4v) is 1.61. The molecule has 0 spiro atoms. The van der Waals surface area contributed by atoms with Crippen molar-refractivity contribution < 1.29 is 0 Å². The van der Waals surface area contributed by atoms with Crippen LogP contribution < -0.4 is 0 Å². The first kappa shape index (κ1) is 10.6. The Labute approximate surface area is 85.9 Å². The van der Waals surface area contributed by atoms with Crippen LogP contribution in [0.15, 0.2) is 18.2 Å². The lowest BCUT2D eigenvalue weighted by Crippen LogP contribution is -2.10. The van der Waals surface area contributed by atoms with Crippen LogP contribution in [0.2, 0.25) is 5.02 Å². The van der Waals surface area contributed by atoms with Gasteiger partial charge in [0.1, 0.15) is 0 Å². The zero-order chi connectivity index (χ0) is 10.1. The van der Waals surface area contributed by atoms with Gasteiger partial charge in [-0.2, -0.15) is 0 Å². The highest BCUT2D eigenvalue weighted by molar-refractivity contribution is 6.31. The van der Waals surface area contributed by atoms with Crippen molar-refractivity contribution in [2.45, 2.75) is 34.1 Å². The predicted octanol–water partition coefficient (Wildman–Crippen LogP) is 4.24. The smallest absolute Gasteiger partial charge is 0.0437 e. The van der Waals surface area contributed by atoms with Crippen LogP contribution >= 0.6 is 11.6 Å². The molecule has 0 aromatic heterocycles. The summed E-state index contributed by atoms with van der Waals surface area (Å²) in [5.74, 6) is 0. The van der Waals surface area contributed by atoms with Gasteiger partial charge in [0.25, 0.3) is 0 Å². The van der Waals surface area contributed by atoms with E-state index in [0.717, 1.165) is 11.4 Å². The SMILES string of the molecule is Cc1c(Cl)cccc1CC(C)(C)C. The van der Waals surface area contributed by atoms with E-state index in [4.69, 9.17) is 11.6 Å². The van der Waals surface area contributed by atoms with E-state index < -0.39 is 0 Å². The minimum absolute atomic E-state index is 0.329. The third-order valence-corrected chi connectivity index (χ3v) is 2.51. The molecule has 1 aromatic rings. The van der Waals surface area contributed by atoms with Crippen LogP contribution in [0.1, 0.15) is 31.9 Å². The van der Waals surface area contributed by atoms with Gasteiger partial charge < -0.3 is 0 Å². The van der Waals surface area contributed by atoms with Crippen molar-refractivity contribution in [2.75, 3.05) is 0 Å².